The predicted octanol–water partition coefficient (Wildman–Crippen LogP) is 0.888. The number of nitrogens with zero attached hydrogens (tertiary/aromatic N) is 2. The highest BCUT2D eigenvalue weighted by Gasteiger charge is 2.21. The van der Waals surface area contributed by atoms with Crippen molar-refractivity contribution in [2.75, 3.05) is 20.1 Å². The Balaban J connectivity index is 2.86. The Hall–Kier alpha value is -2.19. The minimum atomic E-state index is -3.75. The maximum Gasteiger partial charge on any atom is 0.246 e. The van der Waals surface area contributed by atoms with Crippen LogP contribution in [0.1, 0.15) is 25.5 Å². The molecule has 0 fully saturated rings. The Bertz CT molecular complexity index is 713. The van der Waals surface area contributed by atoms with E-state index in [0.29, 0.717) is 6.54 Å². The fourth-order valence-electron chi connectivity index (χ4n) is 2.13. The van der Waals surface area contributed by atoms with Crippen LogP contribution in [0.2, 0.25) is 0 Å². The van der Waals surface area contributed by atoms with E-state index in [-0.39, 0.29) is 29.3 Å². The third-order valence-electron chi connectivity index (χ3n) is 3.86. The van der Waals surface area contributed by atoms with Gasteiger partial charge in [0, 0.05) is 13.6 Å². The second-order valence-corrected chi connectivity index (χ2v) is 6.91. The monoisotopic (exact) mass is 353 g/mol. The number of primary sulfonamides is 1. The molecule has 0 saturated heterocycles. The van der Waals surface area contributed by atoms with Crippen LogP contribution in [0.5, 0.6) is 0 Å². The molecule has 7 nitrogen and oxygen atoms in total. The van der Waals surface area contributed by atoms with Gasteiger partial charge in [0.05, 0.1) is 10.9 Å². The van der Waals surface area contributed by atoms with Crippen molar-refractivity contribution in [1.82, 2.24) is 9.80 Å². The molecule has 24 heavy (non-hydrogen) atoms. The molecule has 0 bridgehead atoms. The van der Waals surface area contributed by atoms with Gasteiger partial charge in [0.2, 0.25) is 21.8 Å². The molecule has 0 aromatic heterocycles. The summed E-state index contributed by atoms with van der Waals surface area (Å²) in [4.78, 5) is 26.9. The van der Waals surface area contributed by atoms with E-state index in [1.54, 1.807) is 26.1 Å². The summed E-state index contributed by atoms with van der Waals surface area (Å²) in [5.41, 5.74) is 0.761. The third kappa shape index (κ3) is 4.90. The molecule has 1 rings (SSSR count). The molecule has 0 radical (unpaired) electrons. The normalized spacial score (nSPS) is 12.3. The number of benzene rings is 1. The van der Waals surface area contributed by atoms with Gasteiger partial charge in [0.1, 0.15) is 6.54 Å². The first-order chi connectivity index (χ1) is 11.1. The third-order valence-corrected chi connectivity index (χ3v) is 4.79. The number of hydrogen-bond donors (Lipinski definition) is 1. The van der Waals surface area contributed by atoms with Crippen molar-refractivity contribution < 1.29 is 18.0 Å². The lowest BCUT2D eigenvalue weighted by Gasteiger charge is -2.28. The van der Waals surface area contributed by atoms with Gasteiger partial charge >= 0.3 is 0 Å². The van der Waals surface area contributed by atoms with Crippen molar-refractivity contribution in [2.24, 2.45) is 5.14 Å². The molecule has 0 aliphatic heterocycles. The number of carbonyl (C=O) groups excluding carboxylic acids is 2. The molecule has 0 aliphatic carbocycles. The summed E-state index contributed by atoms with van der Waals surface area (Å²) >= 11 is 0. The Morgan fingerprint density at radius 3 is 2.25 bits per heavy atom. The van der Waals surface area contributed by atoms with Gasteiger partial charge in [-0.1, -0.05) is 18.7 Å². The van der Waals surface area contributed by atoms with Gasteiger partial charge in [-0.15, -0.1) is 0 Å². The van der Waals surface area contributed by atoms with Crippen molar-refractivity contribution in [3.63, 3.8) is 0 Å². The molecule has 1 unspecified atom stereocenters. The van der Waals surface area contributed by atoms with Gasteiger partial charge in [-0.25, -0.2) is 13.6 Å². The quantitative estimate of drug-likeness (QED) is 0.736. The fourth-order valence-corrected chi connectivity index (χ4v) is 2.64. The number of hydrogen-bond acceptors (Lipinski definition) is 4. The number of likely N-dealkylation sites (N-methyl/N-ethyl adjacent to an activating group) is 2. The number of sulfonamides is 1. The summed E-state index contributed by atoms with van der Waals surface area (Å²) in [7, 11) is -2.12. The molecular formula is C16H23N3O4S. The molecule has 2 N–H and O–H groups in total. The van der Waals surface area contributed by atoms with Gasteiger partial charge in [0.25, 0.3) is 0 Å². The Morgan fingerprint density at radius 1 is 1.29 bits per heavy atom. The van der Waals surface area contributed by atoms with Crippen LogP contribution in [-0.4, -0.2) is 50.2 Å². The molecule has 2 amide bonds. The van der Waals surface area contributed by atoms with E-state index in [1.807, 2.05) is 6.92 Å². The minimum Gasteiger partial charge on any atom is -0.337 e. The van der Waals surface area contributed by atoms with Crippen molar-refractivity contribution in [2.45, 2.75) is 24.8 Å². The highest BCUT2D eigenvalue weighted by atomic mass is 32.2. The Labute approximate surface area is 142 Å². The molecule has 8 heteroatoms. The molecule has 1 aromatic rings. The van der Waals surface area contributed by atoms with Crippen molar-refractivity contribution in [3.8, 4) is 0 Å². The number of carbonyl (C=O) groups is 2. The summed E-state index contributed by atoms with van der Waals surface area (Å²) in [6.45, 7) is 7.37. The largest absolute Gasteiger partial charge is 0.337 e. The second-order valence-electron chi connectivity index (χ2n) is 5.35. The summed E-state index contributed by atoms with van der Waals surface area (Å²) < 4.78 is 22.5. The SMILES string of the molecule is C=CC(=O)N(CC)CC(=O)N(C)C(C)c1ccc(S(N)(=O)=O)cc1. The van der Waals surface area contributed by atoms with Crippen molar-refractivity contribution in [1.29, 1.82) is 0 Å². The van der Waals surface area contributed by atoms with Crippen LogP contribution in [0.3, 0.4) is 0 Å². The van der Waals surface area contributed by atoms with Crippen LogP contribution in [0.4, 0.5) is 0 Å². The smallest absolute Gasteiger partial charge is 0.246 e. The first-order valence-corrected chi connectivity index (χ1v) is 8.96. The first kappa shape index (κ1) is 19.9. The molecular weight excluding hydrogens is 330 g/mol. The Kier molecular flexibility index (Phi) is 6.68. The average Bonchev–Trinajstić information content (AvgIpc) is 2.56. The lowest BCUT2D eigenvalue weighted by atomic mass is 10.1. The zero-order valence-corrected chi connectivity index (χ0v) is 14.9. The fraction of sp³-hybridized carbons (Fsp3) is 0.375. The lowest BCUT2D eigenvalue weighted by molar-refractivity contribution is -0.138. The topological polar surface area (TPSA) is 101 Å². The van der Waals surface area contributed by atoms with Gasteiger partial charge < -0.3 is 9.80 Å². The van der Waals surface area contributed by atoms with Gasteiger partial charge in [-0.3, -0.25) is 9.59 Å². The highest BCUT2D eigenvalue weighted by molar-refractivity contribution is 7.89. The number of rotatable bonds is 7. The highest BCUT2D eigenvalue weighted by Crippen LogP contribution is 2.20. The maximum absolute atomic E-state index is 12.4. The van der Waals surface area contributed by atoms with Gasteiger partial charge in [-0.2, -0.15) is 0 Å². The Morgan fingerprint density at radius 2 is 1.83 bits per heavy atom. The van der Waals surface area contributed by atoms with Gasteiger partial charge in [0.15, 0.2) is 0 Å². The first-order valence-electron chi connectivity index (χ1n) is 7.41. The summed E-state index contributed by atoms with van der Waals surface area (Å²) in [6, 6.07) is 5.74. The van der Waals surface area contributed by atoms with E-state index in [2.05, 4.69) is 6.58 Å². The number of nitrogens with two attached hydrogens (primary N) is 1. The average molecular weight is 353 g/mol. The lowest BCUT2D eigenvalue weighted by Crippen LogP contribution is -2.41. The van der Waals surface area contributed by atoms with Crippen LogP contribution < -0.4 is 5.14 Å². The van der Waals surface area contributed by atoms with E-state index in [9.17, 15) is 18.0 Å². The van der Waals surface area contributed by atoms with E-state index < -0.39 is 10.0 Å². The van der Waals surface area contributed by atoms with Crippen LogP contribution in [0.25, 0.3) is 0 Å². The zero-order valence-electron chi connectivity index (χ0n) is 14.1. The van der Waals surface area contributed by atoms with Crippen molar-refractivity contribution >= 4 is 21.8 Å². The van der Waals surface area contributed by atoms with Crippen molar-refractivity contribution in [3.05, 3.63) is 42.5 Å². The molecule has 1 atom stereocenters. The van der Waals surface area contributed by atoms with E-state index in [1.165, 1.54) is 28.0 Å². The van der Waals surface area contributed by atoms with E-state index >= 15 is 0 Å². The molecule has 0 aliphatic rings. The molecule has 0 heterocycles. The molecule has 0 saturated carbocycles. The molecule has 0 spiro atoms. The number of amides is 2. The van der Waals surface area contributed by atoms with Crippen LogP contribution >= 0.6 is 0 Å². The predicted molar refractivity (Wildman–Crippen MR) is 91.5 cm³/mol. The van der Waals surface area contributed by atoms with Crippen LogP contribution in [0.15, 0.2) is 41.8 Å². The van der Waals surface area contributed by atoms with Crippen LogP contribution in [0, 0.1) is 0 Å². The summed E-state index contributed by atoms with van der Waals surface area (Å²) in [5.74, 6) is -0.528. The molecule has 132 valence electrons. The van der Waals surface area contributed by atoms with Gasteiger partial charge in [-0.05, 0) is 37.6 Å². The summed E-state index contributed by atoms with van der Waals surface area (Å²) in [6.07, 6.45) is 1.17. The zero-order chi connectivity index (χ0) is 18.5. The second kappa shape index (κ2) is 8.07. The standard InChI is InChI=1S/C16H23N3O4S/c1-5-15(20)19(6-2)11-16(21)18(4)12(3)13-7-9-14(10-8-13)24(17,22)23/h5,7-10,12H,1,6,11H2,2-4H3,(H2,17,22,23). The minimum absolute atomic E-state index is 0.0150. The van der Waals surface area contributed by atoms with E-state index in [4.69, 9.17) is 5.14 Å². The summed E-state index contributed by atoms with van der Waals surface area (Å²) in [5, 5.41) is 5.06. The van der Waals surface area contributed by atoms with Crippen LogP contribution in [-0.2, 0) is 19.6 Å². The molecule has 1 aromatic carbocycles. The maximum atomic E-state index is 12.4. The van der Waals surface area contributed by atoms with E-state index in [0.717, 1.165) is 5.56 Å².